The normalized spacial score (nSPS) is 41.2. The lowest BCUT2D eigenvalue weighted by atomic mass is 9.85. The third-order valence-corrected chi connectivity index (χ3v) is 5.61. The lowest BCUT2D eigenvalue weighted by molar-refractivity contribution is 0.132. The first kappa shape index (κ1) is 12.9. The van der Waals surface area contributed by atoms with Gasteiger partial charge in [0.1, 0.15) is 0 Å². The molecule has 104 valence electrons. The topological polar surface area (TPSA) is 15.3 Å². The monoisotopic (exact) mass is 250 g/mol. The van der Waals surface area contributed by atoms with Crippen molar-refractivity contribution in [2.24, 2.45) is 5.92 Å². The van der Waals surface area contributed by atoms with Crippen molar-refractivity contribution in [1.82, 2.24) is 10.2 Å². The van der Waals surface area contributed by atoms with Crippen LogP contribution in [0.25, 0.3) is 0 Å². The van der Waals surface area contributed by atoms with Crippen LogP contribution in [0.4, 0.5) is 0 Å². The molecule has 2 saturated carbocycles. The maximum Gasteiger partial charge on any atom is 0.0127 e. The van der Waals surface area contributed by atoms with E-state index in [2.05, 4.69) is 17.1 Å². The zero-order valence-corrected chi connectivity index (χ0v) is 12.0. The fourth-order valence-electron chi connectivity index (χ4n) is 4.69. The van der Waals surface area contributed by atoms with Gasteiger partial charge in [0.2, 0.25) is 0 Å². The zero-order valence-electron chi connectivity index (χ0n) is 12.0. The molecule has 2 nitrogen and oxygen atoms in total. The summed E-state index contributed by atoms with van der Waals surface area (Å²) in [5.41, 5.74) is 0. The minimum atomic E-state index is 0.817. The van der Waals surface area contributed by atoms with Crippen LogP contribution in [-0.4, -0.2) is 36.1 Å². The van der Waals surface area contributed by atoms with Crippen LogP contribution in [0.1, 0.15) is 64.7 Å². The van der Waals surface area contributed by atoms with E-state index in [1.165, 1.54) is 70.9 Å². The van der Waals surface area contributed by atoms with Gasteiger partial charge in [-0.2, -0.15) is 0 Å². The van der Waals surface area contributed by atoms with Crippen molar-refractivity contribution in [2.45, 2.75) is 82.8 Å². The highest BCUT2D eigenvalue weighted by Gasteiger charge is 2.40. The Bertz CT molecular complexity index is 266. The third-order valence-electron chi connectivity index (χ3n) is 5.61. The van der Waals surface area contributed by atoms with E-state index in [0.717, 1.165) is 24.0 Å². The van der Waals surface area contributed by atoms with Gasteiger partial charge in [0.15, 0.2) is 0 Å². The maximum atomic E-state index is 3.73. The number of rotatable bonds is 4. The molecule has 2 aliphatic carbocycles. The van der Waals surface area contributed by atoms with Crippen molar-refractivity contribution >= 4 is 0 Å². The van der Waals surface area contributed by atoms with E-state index < -0.39 is 0 Å². The first-order valence-corrected chi connectivity index (χ1v) is 8.37. The van der Waals surface area contributed by atoms with Gasteiger partial charge in [0.05, 0.1) is 0 Å². The molecule has 0 aromatic rings. The molecule has 0 bridgehead atoms. The molecule has 1 saturated heterocycles. The minimum absolute atomic E-state index is 0.817. The summed E-state index contributed by atoms with van der Waals surface area (Å²) in [5, 5.41) is 3.73. The van der Waals surface area contributed by atoms with Crippen molar-refractivity contribution < 1.29 is 0 Å². The predicted octanol–water partition coefficient (Wildman–Crippen LogP) is 3.17. The second kappa shape index (κ2) is 5.92. The second-order valence-corrected chi connectivity index (χ2v) is 6.76. The van der Waals surface area contributed by atoms with Gasteiger partial charge in [-0.25, -0.2) is 0 Å². The third kappa shape index (κ3) is 2.60. The Hall–Kier alpha value is -0.0800. The Morgan fingerprint density at radius 1 is 1.06 bits per heavy atom. The Balaban J connectivity index is 1.53. The van der Waals surface area contributed by atoms with Gasteiger partial charge in [-0.3, -0.25) is 4.90 Å². The molecule has 3 rings (SSSR count). The molecule has 1 heterocycles. The molecule has 1 aliphatic heterocycles. The smallest absolute Gasteiger partial charge is 0.0127 e. The minimum Gasteiger partial charge on any atom is -0.314 e. The van der Waals surface area contributed by atoms with Gasteiger partial charge >= 0.3 is 0 Å². The number of hydrogen-bond donors (Lipinski definition) is 1. The number of nitrogens with zero attached hydrogens (tertiary/aromatic N) is 1. The van der Waals surface area contributed by atoms with Crippen molar-refractivity contribution in [1.29, 1.82) is 0 Å². The molecule has 0 amide bonds. The van der Waals surface area contributed by atoms with Crippen molar-refractivity contribution in [2.75, 3.05) is 13.1 Å². The highest BCUT2D eigenvalue weighted by molar-refractivity contribution is 4.96. The molecule has 3 aliphatic rings. The van der Waals surface area contributed by atoms with Crippen LogP contribution in [0.15, 0.2) is 0 Å². The molecular formula is C16H30N2. The average Bonchev–Trinajstić information content (AvgIpc) is 3.02. The van der Waals surface area contributed by atoms with E-state index in [9.17, 15) is 0 Å². The molecule has 0 radical (unpaired) electrons. The average molecular weight is 250 g/mol. The lowest BCUT2D eigenvalue weighted by Crippen LogP contribution is -2.41. The molecule has 1 N–H and O–H groups in total. The van der Waals surface area contributed by atoms with Crippen LogP contribution in [0.5, 0.6) is 0 Å². The van der Waals surface area contributed by atoms with Crippen LogP contribution in [0, 0.1) is 5.92 Å². The molecule has 0 spiro atoms. The van der Waals surface area contributed by atoms with E-state index >= 15 is 0 Å². The standard InChI is InChI=1S/C16H30N2/c1-2-10-17-14-7-8-15(12-14)18-11-9-13-5-3-4-6-16(13)18/h13-17H,2-12H2,1H3. The van der Waals surface area contributed by atoms with Crippen molar-refractivity contribution in [3.8, 4) is 0 Å². The quantitative estimate of drug-likeness (QED) is 0.824. The molecular weight excluding hydrogens is 220 g/mol. The van der Waals surface area contributed by atoms with Gasteiger partial charge in [0.25, 0.3) is 0 Å². The van der Waals surface area contributed by atoms with Gasteiger partial charge < -0.3 is 5.32 Å². The first-order chi connectivity index (χ1) is 8.88. The fraction of sp³-hybridized carbons (Fsp3) is 1.00. The molecule has 4 unspecified atom stereocenters. The Kier molecular flexibility index (Phi) is 4.25. The molecule has 4 atom stereocenters. The molecule has 0 aromatic carbocycles. The first-order valence-electron chi connectivity index (χ1n) is 8.37. The van der Waals surface area contributed by atoms with E-state index in [4.69, 9.17) is 0 Å². The van der Waals surface area contributed by atoms with Crippen LogP contribution >= 0.6 is 0 Å². The summed E-state index contributed by atoms with van der Waals surface area (Å²) in [6.07, 6.45) is 13.1. The number of nitrogens with one attached hydrogen (secondary N) is 1. The summed E-state index contributed by atoms with van der Waals surface area (Å²) < 4.78 is 0. The number of likely N-dealkylation sites (tertiary alicyclic amines) is 1. The number of hydrogen-bond acceptors (Lipinski definition) is 2. The SMILES string of the molecule is CCCNC1CCC(N2CCC3CCCCC32)C1. The Morgan fingerprint density at radius 2 is 1.94 bits per heavy atom. The van der Waals surface area contributed by atoms with E-state index in [1.807, 2.05) is 0 Å². The summed E-state index contributed by atoms with van der Waals surface area (Å²) >= 11 is 0. The van der Waals surface area contributed by atoms with Gasteiger partial charge in [-0.05, 0) is 64.0 Å². The van der Waals surface area contributed by atoms with E-state index in [0.29, 0.717) is 0 Å². The van der Waals surface area contributed by atoms with Crippen LogP contribution in [0.2, 0.25) is 0 Å². The van der Waals surface area contributed by atoms with Crippen molar-refractivity contribution in [3.05, 3.63) is 0 Å². The van der Waals surface area contributed by atoms with Gasteiger partial charge in [-0.15, -0.1) is 0 Å². The lowest BCUT2D eigenvalue weighted by Gasteiger charge is -2.35. The Morgan fingerprint density at radius 3 is 2.83 bits per heavy atom. The van der Waals surface area contributed by atoms with Crippen molar-refractivity contribution in [3.63, 3.8) is 0 Å². The van der Waals surface area contributed by atoms with E-state index in [-0.39, 0.29) is 0 Å². The molecule has 0 aromatic heterocycles. The maximum absolute atomic E-state index is 3.73. The zero-order chi connectivity index (χ0) is 12.4. The highest BCUT2D eigenvalue weighted by atomic mass is 15.2. The van der Waals surface area contributed by atoms with Crippen LogP contribution in [0.3, 0.4) is 0 Å². The summed E-state index contributed by atoms with van der Waals surface area (Å²) in [7, 11) is 0. The molecule has 18 heavy (non-hydrogen) atoms. The Labute approximate surface area is 113 Å². The van der Waals surface area contributed by atoms with Crippen LogP contribution < -0.4 is 5.32 Å². The fourth-order valence-corrected chi connectivity index (χ4v) is 4.69. The summed E-state index contributed by atoms with van der Waals surface area (Å²) in [4.78, 5) is 2.91. The summed E-state index contributed by atoms with van der Waals surface area (Å²) in [6, 6.07) is 2.69. The second-order valence-electron chi connectivity index (χ2n) is 6.76. The molecule has 3 fully saturated rings. The van der Waals surface area contributed by atoms with Gasteiger partial charge in [-0.1, -0.05) is 19.8 Å². The molecule has 2 heteroatoms. The van der Waals surface area contributed by atoms with E-state index in [1.54, 1.807) is 0 Å². The number of fused-ring (bicyclic) bond motifs is 1. The van der Waals surface area contributed by atoms with Crippen LogP contribution in [-0.2, 0) is 0 Å². The summed E-state index contributed by atoms with van der Waals surface area (Å²) in [5.74, 6) is 1.06. The highest BCUT2D eigenvalue weighted by Crippen LogP contribution is 2.40. The predicted molar refractivity (Wildman–Crippen MR) is 76.8 cm³/mol. The van der Waals surface area contributed by atoms with Gasteiger partial charge in [0, 0.05) is 18.1 Å². The largest absolute Gasteiger partial charge is 0.314 e. The summed E-state index contributed by atoms with van der Waals surface area (Å²) in [6.45, 7) is 4.89.